The molecule has 2 aromatic carbocycles. The van der Waals surface area contributed by atoms with Crippen LogP contribution in [0.3, 0.4) is 0 Å². The van der Waals surface area contributed by atoms with Gasteiger partial charge in [0.1, 0.15) is 18.0 Å². The second-order valence-corrected chi connectivity index (χ2v) is 12.7. The van der Waals surface area contributed by atoms with Crippen molar-refractivity contribution < 1.29 is 28.2 Å². The summed E-state index contributed by atoms with van der Waals surface area (Å²) in [5.41, 5.74) is 1.88. The van der Waals surface area contributed by atoms with E-state index in [2.05, 4.69) is 11.9 Å². The first-order chi connectivity index (χ1) is 21.9. The first-order valence-electron chi connectivity index (χ1n) is 15.5. The molecule has 1 amide bonds. The third-order valence-electron chi connectivity index (χ3n) is 8.91. The van der Waals surface area contributed by atoms with Crippen LogP contribution in [0.15, 0.2) is 64.4 Å². The Kier molecular flexibility index (Phi) is 9.46. The molecule has 9 nitrogen and oxygen atoms in total. The fraction of sp³-hybridized carbons (Fsp3) is 0.441. The van der Waals surface area contributed by atoms with E-state index in [0.29, 0.717) is 30.2 Å². The van der Waals surface area contributed by atoms with Crippen molar-refractivity contribution in [2.45, 2.75) is 68.3 Å². The van der Waals surface area contributed by atoms with Crippen LogP contribution >= 0.6 is 11.8 Å². The number of methoxy groups -OCH3 is 1. The minimum absolute atomic E-state index is 0.0250. The highest BCUT2D eigenvalue weighted by Gasteiger charge is 2.47. The zero-order valence-electron chi connectivity index (χ0n) is 25.6. The van der Waals surface area contributed by atoms with Gasteiger partial charge in [-0.3, -0.25) is 24.1 Å². The molecule has 0 saturated carbocycles. The Labute approximate surface area is 266 Å². The molecular weight excluding hydrogens is 597 g/mol. The van der Waals surface area contributed by atoms with Crippen LogP contribution in [0.2, 0.25) is 0 Å². The van der Waals surface area contributed by atoms with E-state index in [9.17, 15) is 14.4 Å². The van der Waals surface area contributed by atoms with E-state index in [1.165, 1.54) is 19.2 Å². The van der Waals surface area contributed by atoms with Crippen molar-refractivity contribution in [1.29, 1.82) is 0 Å². The van der Waals surface area contributed by atoms with Crippen molar-refractivity contribution in [2.75, 3.05) is 32.1 Å². The maximum absolute atomic E-state index is 16.1. The number of piperidine rings is 1. The standard InChI is InChI=1S/C34H38FN3O6S/c1-3-4-8-22-13-16-36-28(19-22)38(31-24-10-5-6-12-27(24)45-20-23-9-7-11-25(35)30(23)31)37-17-14-26(39)33(32(37)34(36)41)44-21-43-29(40)15-18-42-2/h5-7,9-12,14,17,22,28,31H,3-4,8,13,15-16,18-21H2,1-2H3. The SMILES string of the molecule is CCCCC1CCN2C(=O)c3c(OCOC(=O)CCOC)c(=O)ccn3N(C3c4ccccc4SCc4cccc(F)c43)C2C1. The van der Waals surface area contributed by atoms with E-state index in [4.69, 9.17) is 14.2 Å². The molecule has 4 heterocycles. The first-order valence-corrected chi connectivity index (χ1v) is 16.5. The topological polar surface area (TPSA) is 90.3 Å². The zero-order valence-corrected chi connectivity index (χ0v) is 26.4. The number of rotatable bonds is 10. The van der Waals surface area contributed by atoms with Crippen LogP contribution in [0.1, 0.15) is 78.7 Å². The Balaban J connectivity index is 1.51. The molecule has 0 radical (unpaired) electrons. The third kappa shape index (κ3) is 6.07. The average Bonchev–Trinajstić information content (AvgIpc) is 3.21. The number of nitrogens with zero attached hydrogens (tertiary/aromatic N) is 3. The van der Waals surface area contributed by atoms with Gasteiger partial charge in [-0.05, 0) is 42.0 Å². The van der Waals surface area contributed by atoms with Crippen molar-refractivity contribution in [3.05, 3.63) is 93.2 Å². The van der Waals surface area contributed by atoms with Gasteiger partial charge in [0.15, 0.2) is 5.69 Å². The number of unbranched alkanes of at least 4 members (excludes halogenated alkanes) is 1. The van der Waals surface area contributed by atoms with E-state index in [1.807, 2.05) is 30.3 Å². The lowest BCUT2D eigenvalue weighted by Crippen LogP contribution is -2.64. The van der Waals surface area contributed by atoms with Crippen molar-refractivity contribution in [3.63, 3.8) is 0 Å². The highest BCUT2D eigenvalue weighted by atomic mass is 32.2. The molecule has 1 aromatic heterocycles. The van der Waals surface area contributed by atoms with Crippen LogP contribution in [-0.4, -0.2) is 54.7 Å². The molecule has 6 rings (SSSR count). The molecule has 3 aliphatic rings. The maximum atomic E-state index is 16.1. The molecule has 3 aliphatic heterocycles. The van der Waals surface area contributed by atoms with Gasteiger partial charge in [-0.25, -0.2) is 4.39 Å². The van der Waals surface area contributed by atoms with Crippen LogP contribution < -0.4 is 15.2 Å². The number of carbonyl (C=O) groups excluding carboxylic acids is 2. The summed E-state index contributed by atoms with van der Waals surface area (Å²) in [6.07, 6.45) is 5.98. The molecular formula is C34H38FN3O6S. The summed E-state index contributed by atoms with van der Waals surface area (Å²) in [7, 11) is 1.48. The van der Waals surface area contributed by atoms with E-state index < -0.39 is 30.4 Å². The summed E-state index contributed by atoms with van der Waals surface area (Å²) < 4.78 is 33.6. The maximum Gasteiger partial charge on any atom is 0.311 e. The van der Waals surface area contributed by atoms with Crippen LogP contribution in [-0.2, 0) is 20.0 Å². The normalized spacial score (nSPS) is 20.4. The predicted molar refractivity (Wildman–Crippen MR) is 168 cm³/mol. The molecule has 11 heteroatoms. The lowest BCUT2D eigenvalue weighted by molar-refractivity contribution is -0.151. The summed E-state index contributed by atoms with van der Waals surface area (Å²) in [6.45, 7) is 2.32. The lowest BCUT2D eigenvalue weighted by Gasteiger charge is -2.53. The Morgan fingerprint density at radius 2 is 1.96 bits per heavy atom. The Bertz CT molecular complexity index is 1630. The lowest BCUT2D eigenvalue weighted by atomic mass is 9.87. The van der Waals surface area contributed by atoms with Gasteiger partial charge < -0.3 is 19.1 Å². The highest BCUT2D eigenvalue weighted by molar-refractivity contribution is 7.98. The van der Waals surface area contributed by atoms with E-state index in [-0.39, 0.29) is 36.2 Å². The highest BCUT2D eigenvalue weighted by Crippen LogP contribution is 2.46. The van der Waals surface area contributed by atoms with Gasteiger partial charge in [0.25, 0.3) is 5.91 Å². The van der Waals surface area contributed by atoms with Crippen molar-refractivity contribution >= 4 is 23.6 Å². The number of halogens is 1. The van der Waals surface area contributed by atoms with Gasteiger partial charge in [0.2, 0.25) is 18.0 Å². The summed E-state index contributed by atoms with van der Waals surface area (Å²) in [6, 6.07) is 13.9. The van der Waals surface area contributed by atoms with Crippen LogP contribution in [0.5, 0.6) is 5.75 Å². The van der Waals surface area contributed by atoms with Gasteiger partial charge in [0, 0.05) is 42.1 Å². The minimum Gasteiger partial charge on any atom is -0.451 e. The number of aromatic nitrogens is 1. The Morgan fingerprint density at radius 1 is 1.11 bits per heavy atom. The number of carbonyl (C=O) groups is 2. The molecule has 0 spiro atoms. The van der Waals surface area contributed by atoms with Gasteiger partial charge in [-0.15, -0.1) is 11.8 Å². The summed E-state index contributed by atoms with van der Waals surface area (Å²) in [5.74, 6) is -0.430. The van der Waals surface area contributed by atoms with Gasteiger partial charge in [-0.2, -0.15) is 0 Å². The largest absolute Gasteiger partial charge is 0.451 e. The molecule has 0 N–H and O–H groups in total. The summed E-state index contributed by atoms with van der Waals surface area (Å²) >= 11 is 1.66. The number of ether oxygens (including phenoxy) is 3. The number of hydrogen-bond acceptors (Lipinski definition) is 8. The van der Waals surface area contributed by atoms with Crippen LogP contribution in [0.4, 0.5) is 4.39 Å². The number of fused-ring (bicyclic) bond motifs is 4. The van der Waals surface area contributed by atoms with E-state index >= 15 is 4.39 Å². The fourth-order valence-corrected chi connectivity index (χ4v) is 7.80. The number of thioether (sulfide) groups is 1. The van der Waals surface area contributed by atoms with Gasteiger partial charge in [-0.1, -0.05) is 56.5 Å². The third-order valence-corrected chi connectivity index (χ3v) is 10.1. The molecule has 1 saturated heterocycles. The molecule has 3 aromatic rings. The molecule has 3 atom stereocenters. The number of benzene rings is 2. The number of hydrogen-bond donors (Lipinski definition) is 0. The fourth-order valence-electron chi connectivity index (χ4n) is 6.72. The minimum atomic E-state index is -0.598. The second-order valence-electron chi connectivity index (χ2n) is 11.7. The smallest absolute Gasteiger partial charge is 0.311 e. The Hall–Kier alpha value is -3.83. The molecule has 45 heavy (non-hydrogen) atoms. The molecule has 0 bridgehead atoms. The van der Waals surface area contributed by atoms with E-state index in [0.717, 1.165) is 41.7 Å². The number of esters is 1. The average molecular weight is 636 g/mol. The van der Waals surface area contributed by atoms with Gasteiger partial charge in [0.05, 0.1) is 13.0 Å². The quantitative estimate of drug-likeness (QED) is 0.210. The zero-order chi connectivity index (χ0) is 31.5. The van der Waals surface area contributed by atoms with Crippen molar-refractivity contribution in [1.82, 2.24) is 9.58 Å². The number of pyridine rings is 1. The second kappa shape index (κ2) is 13.7. The van der Waals surface area contributed by atoms with Gasteiger partial charge >= 0.3 is 5.97 Å². The van der Waals surface area contributed by atoms with E-state index in [1.54, 1.807) is 33.6 Å². The molecule has 1 fully saturated rings. The van der Waals surface area contributed by atoms with Crippen LogP contribution in [0.25, 0.3) is 0 Å². The monoisotopic (exact) mass is 635 g/mol. The van der Waals surface area contributed by atoms with Crippen molar-refractivity contribution in [2.24, 2.45) is 5.92 Å². The first kappa shape index (κ1) is 31.2. The molecule has 0 aliphatic carbocycles. The van der Waals surface area contributed by atoms with Crippen molar-refractivity contribution in [3.8, 4) is 5.75 Å². The summed E-state index contributed by atoms with van der Waals surface area (Å²) in [4.78, 5) is 42.5. The summed E-state index contributed by atoms with van der Waals surface area (Å²) in [5, 5.41) is 2.07. The molecule has 3 unspecified atom stereocenters. The predicted octanol–water partition coefficient (Wildman–Crippen LogP) is 5.62. The Morgan fingerprint density at radius 3 is 2.78 bits per heavy atom. The van der Waals surface area contributed by atoms with Crippen LogP contribution in [0, 0.1) is 11.7 Å². The molecule has 238 valence electrons. The number of amides is 1.